The molecular weight excluding hydrogens is 304 g/mol. The van der Waals surface area contributed by atoms with E-state index in [-0.39, 0.29) is 23.7 Å². The normalized spacial score (nSPS) is 15.6. The Labute approximate surface area is 132 Å². The molecule has 0 unspecified atom stereocenters. The van der Waals surface area contributed by atoms with Gasteiger partial charge in [0.25, 0.3) is 0 Å². The molecule has 0 N–H and O–H groups in total. The number of halogens is 2. The second-order valence-corrected chi connectivity index (χ2v) is 6.23. The van der Waals surface area contributed by atoms with Crippen molar-refractivity contribution in [3.8, 4) is 5.88 Å². The third-order valence-corrected chi connectivity index (χ3v) is 4.13. The molecule has 1 aromatic carbocycles. The topological polar surface area (TPSA) is 47.4 Å². The largest absolute Gasteiger partial charge is 0.473 e. The fourth-order valence-electron chi connectivity index (χ4n) is 2.56. The second-order valence-electron chi connectivity index (χ2n) is 6.23. The van der Waals surface area contributed by atoms with Crippen LogP contribution in [0.15, 0.2) is 29.1 Å². The highest BCUT2D eigenvalue weighted by Gasteiger charge is 2.34. The molecule has 3 rings (SSSR count). The van der Waals surface area contributed by atoms with Crippen LogP contribution < -0.4 is 15.3 Å². The molecule has 23 heavy (non-hydrogen) atoms. The lowest BCUT2D eigenvalue weighted by molar-refractivity contribution is 0.290. The monoisotopic (exact) mass is 321 g/mol. The van der Waals surface area contributed by atoms with E-state index >= 15 is 0 Å². The average molecular weight is 321 g/mol. The highest BCUT2D eigenvalue weighted by Crippen LogP contribution is 2.31. The molecule has 0 bridgehead atoms. The lowest BCUT2D eigenvalue weighted by Crippen LogP contribution is -2.38. The summed E-state index contributed by atoms with van der Waals surface area (Å²) in [5.41, 5.74) is -0.118. The van der Waals surface area contributed by atoms with E-state index in [9.17, 15) is 13.6 Å². The van der Waals surface area contributed by atoms with Gasteiger partial charge in [0.05, 0.1) is 12.1 Å². The Hall–Kier alpha value is -2.44. The Balaban J connectivity index is 1.83. The van der Waals surface area contributed by atoms with Gasteiger partial charge in [0.2, 0.25) is 5.88 Å². The van der Waals surface area contributed by atoms with Crippen LogP contribution in [-0.4, -0.2) is 22.1 Å². The Morgan fingerprint density at radius 1 is 1.26 bits per heavy atom. The van der Waals surface area contributed by atoms with Crippen molar-refractivity contribution in [2.24, 2.45) is 0 Å². The maximum absolute atomic E-state index is 13.2. The molecule has 0 radical (unpaired) electrons. The number of anilines is 1. The van der Waals surface area contributed by atoms with Crippen LogP contribution in [0.25, 0.3) is 0 Å². The predicted octanol–water partition coefficient (Wildman–Crippen LogP) is 2.33. The fraction of sp³-hybridized carbons (Fsp3) is 0.375. The van der Waals surface area contributed by atoms with Crippen LogP contribution in [-0.2, 0) is 13.2 Å². The van der Waals surface area contributed by atoms with Gasteiger partial charge in [-0.1, -0.05) is 6.07 Å². The highest BCUT2D eigenvalue weighted by atomic mass is 19.2. The van der Waals surface area contributed by atoms with E-state index in [1.807, 2.05) is 25.8 Å². The van der Waals surface area contributed by atoms with E-state index in [0.717, 1.165) is 18.0 Å². The lowest BCUT2D eigenvalue weighted by atomic mass is 10.1. The first-order valence-electron chi connectivity index (χ1n) is 7.20. The molecule has 7 heteroatoms. The van der Waals surface area contributed by atoms with Gasteiger partial charge in [-0.15, -0.1) is 0 Å². The van der Waals surface area contributed by atoms with Gasteiger partial charge in [0.15, 0.2) is 11.6 Å². The summed E-state index contributed by atoms with van der Waals surface area (Å²) in [5, 5.41) is 0. The first-order chi connectivity index (χ1) is 10.8. The zero-order valence-electron chi connectivity index (χ0n) is 13.1. The molecule has 122 valence electrons. The maximum atomic E-state index is 13.2. The van der Waals surface area contributed by atoms with E-state index in [1.165, 1.54) is 6.07 Å². The SMILES string of the molecule is CN1c2cc(OCc3ccc(F)c(F)c3)nc(=O)n2CC1(C)C. The van der Waals surface area contributed by atoms with Crippen molar-refractivity contribution in [2.75, 3.05) is 11.9 Å². The van der Waals surface area contributed by atoms with Gasteiger partial charge in [-0.3, -0.25) is 4.57 Å². The molecule has 0 spiro atoms. The van der Waals surface area contributed by atoms with E-state index in [4.69, 9.17) is 4.74 Å². The summed E-state index contributed by atoms with van der Waals surface area (Å²) < 4.78 is 33.1. The van der Waals surface area contributed by atoms with Gasteiger partial charge in [0, 0.05) is 13.1 Å². The van der Waals surface area contributed by atoms with Crippen LogP contribution in [0.1, 0.15) is 19.4 Å². The Morgan fingerprint density at radius 3 is 2.70 bits per heavy atom. The van der Waals surface area contributed by atoms with Gasteiger partial charge in [-0.25, -0.2) is 13.6 Å². The number of fused-ring (bicyclic) bond motifs is 1. The molecule has 0 amide bonds. The summed E-state index contributed by atoms with van der Waals surface area (Å²) in [7, 11) is 1.90. The molecule has 2 heterocycles. The molecule has 1 aliphatic heterocycles. The Morgan fingerprint density at radius 2 is 2.00 bits per heavy atom. The van der Waals surface area contributed by atoms with Gasteiger partial charge in [-0.05, 0) is 31.5 Å². The van der Waals surface area contributed by atoms with Crippen molar-refractivity contribution >= 4 is 5.82 Å². The van der Waals surface area contributed by atoms with Crippen molar-refractivity contribution in [1.29, 1.82) is 0 Å². The van der Waals surface area contributed by atoms with Gasteiger partial charge < -0.3 is 9.64 Å². The van der Waals surface area contributed by atoms with E-state index in [0.29, 0.717) is 12.1 Å². The van der Waals surface area contributed by atoms with E-state index in [2.05, 4.69) is 4.98 Å². The highest BCUT2D eigenvalue weighted by molar-refractivity contribution is 5.47. The Kier molecular flexibility index (Phi) is 3.58. The third-order valence-electron chi connectivity index (χ3n) is 4.13. The summed E-state index contributed by atoms with van der Waals surface area (Å²) >= 11 is 0. The van der Waals surface area contributed by atoms with Gasteiger partial charge in [0.1, 0.15) is 12.4 Å². The average Bonchev–Trinajstić information content (AvgIpc) is 2.72. The van der Waals surface area contributed by atoms with Crippen molar-refractivity contribution in [3.05, 3.63) is 51.9 Å². The zero-order chi connectivity index (χ0) is 16.8. The predicted molar refractivity (Wildman–Crippen MR) is 81.7 cm³/mol. The van der Waals surface area contributed by atoms with Crippen molar-refractivity contribution in [3.63, 3.8) is 0 Å². The quantitative estimate of drug-likeness (QED) is 0.870. The number of likely N-dealkylation sites (N-methyl/N-ethyl adjacent to an activating group) is 1. The number of hydrogen-bond donors (Lipinski definition) is 0. The summed E-state index contributed by atoms with van der Waals surface area (Å²) in [6.45, 7) is 4.61. The minimum absolute atomic E-state index is 0.000199. The summed E-state index contributed by atoms with van der Waals surface area (Å²) in [6.07, 6.45) is 0. The van der Waals surface area contributed by atoms with Crippen molar-refractivity contribution in [1.82, 2.24) is 9.55 Å². The molecule has 0 fully saturated rings. The number of rotatable bonds is 3. The maximum Gasteiger partial charge on any atom is 0.352 e. The number of benzene rings is 1. The van der Waals surface area contributed by atoms with Crippen LogP contribution in [0.4, 0.5) is 14.6 Å². The molecule has 2 aromatic rings. The number of nitrogens with zero attached hydrogens (tertiary/aromatic N) is 3. The molecule has 1 aliphatic rings. The molecule has 1 aromatic heterocycles. The minimum atomic E-state index is -0.936. The van der Waals surface area contributed by atoms with Crippen LogP contribution >= 0.6 is 0 Å². The molecule has 0 atom stereocenters. The van der Waals surface area contributed by atoms with Crippen molar-refractivity contribution < 1.29 is 13.5 Å². The summed E-state index contributed by atoms with van der Waals surface area (Å²) in [6, 6.07) is 5.20. The molecule has 0 saturated carbocycles. The number of aromatic nitrogens is 2. The van der Waals surface area contributed by atoms with Crippen LogP contribution in [0, 0.1) is 11.6 Å². The summed E-state index contributed by atoms with van der Waals surface area (Å²) in [4.78, 5) is 18.0. The van der Waals surface area contributed by atoms with Gasteiger partial charge >= 0.3 is 5.69 Å². The zero-order valence-corrected chi connectivity index (χ0v) is 13.1. The smallest absolute Gasteiger partial charge is 0.352 e. The summed E-state index contributed by atoms with van der Waals surface area (Å²) in [5.74, 6) is -0.966. The first-order valence-corrected chi connectivity index (χ1v) is 7.20. The standard InChI is InChI=1S/C16H17F2N3O2/c1-16(2)9-21-14(20(16)3)7-13(19-15(21)22)23-8-10-4-5-11(17)12(18)6-10/h4-7H,8-9H2,1-3H3. The van der Waals surface area contributed by atoms with Crippen molar-refractivity contribution in [2.45, 2.75) is 32.5 Å². The number of ether oxygens (including phenoxy) is 1. The van der Waals surface area contributed by atoms with E-state index in [1.54, 1.807) is 10.6 Å². The lowest BCUT2D eigenvalue weighted by Gasteiger charge is -2.28. The van der Waals surface area contributed by atoms with Crippen LogP contribution in [0.3, 0.4) is 0 Å². The first kappa shape index (κ1) is 15.5. The molecule has 5 nitrogen and oxygen atoms in total. The van der Waals surface area contributed by atoms with E-state index < -0.39 is 11.6 Å². The van der Waals surface area contributed by atoms with Crippen LogP contribution in [0.5, 0.6) is 5.88 Å². The molecule has 0 saturated heterocycles. The number of hydrogen-bond acceptors (Lipinski definition) is 4. The van der Waals surface area contributed by atoms with Crippen LogP contribution in [0.2, 0.25) is 0 Å². The second kappa shape index (κ2) is 5.33. The van der Waals surface area contributed by atoms with Gasteiger partial charge in [-0.2, -0.15) is 4.98 Å². The fourth-order valence-corrected chi connectivity index (χ4v) is 2.56. The molecular formula is C16H17F2N3O2. The Bertz CT molecular complexity index is 817. The third kappa shape index (κ3) is 2.78. The minimum Gasteiger partial charge on any atom is -0.473 e. The molecule has 0 aliphatic carbocycles.